The first kappa shape index (κ1) is 17.5. The number of likely N-dealkylation sites (tertiary alicyclic amines) is 1. The lowest BCUT2D eigenvalue weighted by Gasteiger charge is -2.21. The predicted molar refractivity (Wildman–Crippen MR) is 99.1 cm³/mol. The van der Waals surface area contributed by atoms with Crippen LogP contribution in [0.15, 0.2) is 42.6 Å². The summed E-state index contributed by atoms with van der Waals surface area (Å²) in [4.78, 5) is 18.4. The van der Waals surface area contributed by atoms with Crippen LogP contribution in [-0.2, 0) is 6.61 Å². The lowest BCUT2D eigenvalue weighted by Crippen LogP contribution is -2.35. The summed E-state index contributed by atoms with van der Waals surface area (Å²) in [7, 11) is 0. The van der Waals surface area contributed by atoms with Gasteiger partial charge in [0.25, 0.3) is 0 Å². The molecule has 1 aromatic carbocycles. The van der Waals surface area contributed by atoms with E-state index in [2.05, 4.69) is 10.3 Å². The fraction of sp³-hybridized carbons (Fsp3) is 0.368. The Bertz CT molecular complexity index is 701. The molecule has 0 unspecified atom stereocenters. The fourth-order valence-electron chi connectivity index (χ4n) is 2.81. The molecule has 2 aromatic rings. The van der Waals surface area contributed by atoms with Crippen LogP contribution in [0.25, 0.3) is 0 Å². The normalized spacial score (nSPS) is 14.7. The summed E-state index contributed by atoms with van der Waals surface area (Å²) in [6.45, 7) is 1.97. The van der Waals surface area contributed by atoms with Crippen molar-refractivity contribution in [2.24, 2.45) is 0 Å². The summed E-state index contributed by atoms with van der Waals surface area (Å²) in [5.41, 5.74) is 1.50. The second kappa shape index (κ2) is 8.72. The van der Waals surface area contributed by atoms with Crippen LogP contribution in [0.2, 0.25) is 5.02 Å². The van der Waals surface area contributed by atoms with Gasteiger partial charge in [0.2, 0.25) is 0 Å². The van der Waals surface area contributed by atoms with E-state index >= 15 is 0 Å². The largest absolute Gasteiger partial charge is 0.486 e. The van der Waals surface area contributed by atoms with Gasteiger partial charge in [-0.15, -0.1) is 0 Å². The van der Waals surface area contributed by atoms with Gasteiger partial charge in [0.05, 0.1) is 10.7 Å². The number of ether oxygens (including phenoxy) is 1. The Hall–Kier alpha value is -2.27. The van der Waals surface area contributed by atoms with E-state index in [1.807, 2.05) is 23.1 Å². The maximum absolute atomic E-state index is 12.4. The number of halogens is 1. The number of anilines is 1. The van der Waals surface area contributed by atoms with Gasteiger partial charge in [0.15, 0.2) is 0 Å². The van der Waals surface area contributed by atoms with Gasteiger partial charge < -0.3 is 15.0 Å². The highest BCUT2D eigenvalue weighted by molar-refractivity contribution is 6.32. The van der Waals surface area contributed by atoms with Crippen molar-refractivity contribution >= 4 is 23.3 Å². The average molecular weight is 360 g/mol. The van der Waals surface area contributed by atoms with E-state index < -0.39 is 0 Å². The summed E-state index contributed by atoms with van der Waals surface area (Å²) < 4.78 is 5.70. The number of nitrogens with zero attached hydrogens (tertiary/aromatic N) is 2. The van der Waals surface area contributed by atoms with E-state index in [1.54, 1.807) is 24.4 Å². The van der Waals surface area contributed by atoms with Crippen molar-refractivity contribution < 1.29 is 9.53 Å². The van der Waals surface area contributed by atoms with Crippen LogP contribution in [-0.4, -0.2) is 29.0 Å². The standard InChI is InChI=1S/C19H22ClN3O2/c20-17-13-15(22-19(24)23-11-5-1-2-6-12-23)8-9-18(17)25-14-16-7-3-4-10-21-16/h3-4,7-10,13H,1-2,5-6,11-12,14H2,(H,22,24). The van der Waals surface area contributed by atoms with Crippen LogP contribution in [0.3, 0.4) is 0 Å². The maximum Gasteiger partial charge on any atom is 0.321 e. The molecule has 0 saturated carbocycles. The van der Waals surface area contributed by atoms with Gasteiger partial charge in [-0.25, -0.2) is 4.79 Å². The summed E-state index contributed by atoms with van der Waals surface area (Å²) >= 11 is 6.28. The molecule has 25 heavy (non-hydrogen) atoms. The Morgan fingerprint density at radius 2 is 1.96 bits per heavy atom. The summed E-state index contributed by atoms with van der Waals surface area (Å²) in [6, 6.07) is 10.9. The van der Waals surface area contributed by atoms with Crippen LogP contribution >= 0.6 is 11.6 Å². The van der Waals surface area contributed by atoms with Gasteiger partial charge in [-0.1, -0.05) is 30.5 Å². The van der Waals surface area contributed by atoms with Crippen molar-refractivity contribution in [1.82, 2.24) is 9.88 Å². The zero-order valence-electron chi connectivity index (χ0n) is 14.1. The van der Waals surface area contributed by atoms with Crippen molar-refractivity contribution in [3.05, 3.63) is 53.3 Å². The van der Waals surface area contributed by atoms with Crippen molar-refractivity contribution in [1.29, 1.82) is 0 Å². The molecule has 1 aliphatic rings. The smallest absolute Gasteiger partial charge is 0.321 e. The van der Waals surface area contributed by atoms with Crippen molar-refractivity contribution in [3.63, 3.8) is 0 Å². The first-order chi connectivity index (χ1) is 12.2. The predicted octanol–water partition coefficient (Wildman–Crippen LogP) is 4.72. The van der Waals surface area contributed by atoms with E-state index in [0.29, 0.717) is 23.1 Å². The minimum Gasteiger partial charge on any atom is -0.486 e. The zero-order chi connectivity index (χ0) is 17.5. The molecule has 2 amide bonds. The molecular formula is C19H22ClN3O2. The molecule has 1 fully saturated rings. The third-order valence-corrected chi connectivity index (χ3v) is 4.47. The van der Waals surface area contributed by atoms with Gasteiger partial charge in [-0.3, -0.25) is 4.98 Å². The molecule has 1 N–H and O–H groups in total. The Balaban J connectivity index is 1.58. The highest BCUT2D eigenvalue weighted by Crippen LogP contribution is 2.28. The molecule has 3 rings (SSSR count). The number of pyridine rings is 1. The fourth-order valence-corrected chi connectivity index (χ4v) is 3.04. The zero-order valence-corrected chi connectivity index (χ0v) is 14.8. The van der Waals surface area contributed by atoms with Crippen molar-refractivity contribution in [2.45, 2.75) is 32.3 Å². The first-order valence-corrected chi connectivity index (χ1v) is 8.98. The second-order valence-electron chi connectivity index (χ2n) is 6.09. The molecule has 1 aliphatic heterocycles. The summed E-state index contributed by atoms with van der Waals surface area (Å²) in [5, 5.41) is 3.38. The van der Waals surface area contributed by atoms with Crippen LogP contribution in [0.1, 0.15) is 31.4 Å². The van der Waals surface area contributed by atoms with Crippen LogP contribution < -0.4 is 10.1 Å². The summed E-state index contributed by atoms with van der Waals surface area (Å²) in [6.07, 6.45) is 6.24. The van der Waals surface area contributed by atoms with E-state index in [-0.39, 0.29) is 6.03 Å². The molecule has 0 spiro atoms. The number of nitrogens with one attached hydrogen (secondary N) is 1. The van der Waals surface area contributed by atoms with Gasteiger partial charge >= 0.3 is 6.03 Å². The van der Waals surface area contributed by atoms with Crippen LogP contribution in [0.4, 0.5) is 10.5 Å². The maximum atomic E-state index is 12.4. The SMILES string of the molecule is O=C(Nc1ccc(OCc2ccccn2)c(Cl)c1)N1CCCCCC1. The van der Waals surface area contributed by atoms with Crippen molar-refractivity contribution in [3.8, 4) is 5.75 Å². The Labute approximate surface area is 153 Å². The lowest BCUT2D eigenvalue weighted by molar-refractivity contribution is 0.214. The number of carbonyl (C=O) groups is 1. The first-order valence-electron chi connectivity index (χ1n) is 8.60. The number of aromatic nitrogens is 1. The molecule has 1 aromatic heterocycles. The number of carbonyl (C=O) groups excluding carboxylic acids is 1. The number of amides is 2. The van der Waals surface area contributed by atoms with Crippen molar-refractivity contribution in [2.75, 3.05) is 18.4 Å². The Morgan fingerprint density at radius 1 is 1.16 bits per heavy atom. The second-order valence-corrected chi connectivity index (χ2v) is 6.49. The third-order valence-electron chi connectivity index (χ3n) is 4.18. The van der Waals surface area contributed by atoms with Crippen LogP contribution in [0.5, 0.6) is 5.75 Å². The van der Waals surface area contributed by atoms with Crippen LogP contribution in [0, 0.1) is 0 Å². The molecule has 0 aliphatic carbocycles. The Morgan fingerprint density at radius 3 is 2.64 bits per heavy atom. The molecule has 6 heteroatoms. The third kappa shape index (κ3) is 5.10. The highest BCUT2D eigenvalue weighted by Gasteiger charge is 2.16. The molecule has 1 saturated heterocycles. The topological polar surface area (TPSA) is 54.5 Å². The minimum atomic E-state index is -0.0693. The van der Waals surface area contributed by atoms with E-state index in [0.717, 1.165) is 31.6 Å². The molecule has 5 nitrogen and oxygen atoms in total. The lowest BCUT2D eigenvalue weighted by atomic mass is 10.2. The van der Waals surface area contributed by atoms with Gasteiger partial charge in [-0.2, -0.15) is 0 Å². The molecule has 0 bridgehead atoms. The number of hydrogen-bond acceptors (Lipinski definition) is 3. The minimum absolute atomic E-state index is 0.0693. The number of rotatable bonds is 4. The molecule has 0 radical (unpaired) electrons. The number of benzene rings is 1. The molecule has 132 valence electrons. The number of urea groups is 1. The quantitative estimate of drug-likeness (QED) is 0.859. The summed E-state index contributed by atoms with van der Waals surface area (Å²) in [5.74, 6) is 0.570. The number of hydrogen-bond donors (Lipinski definition) is 1. The van der Waals surface area contributed by atoms with Gasteiger partial charge in [-0.05, 0) is 43.2 Å². The molecule has 0 atom stereocenters. The van der Waals surface area contributed by atoms with E-state index in [9.17, 15) is 4.79 Å². The van der Waals surface area contributed by atoms with E-state index in [4.69, 9.17) is 16.3 Å². The molecule has 2 heterocycles. The molecular weight excluding hydrogens is 338 g/mol. The monoisotopic (exact) mass is 359 g/mol. The average Bonchev–Trinajstić information content (AvgIpc) is 2.91. The van der Waals surface area contributed by atoms with Gasteiger partial charge in [0, 0.05) is 25.0 Å². The van der Waals surface area contributed by atoms with E-state index in [1.165, 1.54) is 12.8 Å². The van der Waals surface area contributed by atoms with Gasteiger partial charge in [0.1, 0.15) is 12.4 Å². The highest BCUT2D eigenvalue weighted by atomic mass is 35.5. The Kier molecular flexibility index (Phi) is 6.12.